The van der Waals surface area contributed by atoms with Crippen molar-refractivity contribution in [3.63, 3.8) is 0 Å². The summed E-state index contributed by atoms with van der Waals surface area (Å²) in [4.78, 5) is 31.1. The molecule has 0 radical (unpaired) electrons. The molecule has 1 fully saturated rings. The molecule has 0 saturated carbocycles. The van der Waals surface area contributed by atoms with Crippen molar-refractivity contribution in [3.05, 3.63) is 71.4 Å². The van der Waals surface area contributed by atoms with Gasteiger partial charge in [-0.1, -0.05) is 35.0 Å². The van der Waals surface area contributed by atoms with Gasteiger partial charge in [-0.15, -0.1) is 0 Å². The molecular formula is C23H23FN4O3. The summed E-state index contributed by atoms with van der Waals surface area (Å²) in [5.41, 5.74) is 2.81. The highest BCUT2D eigenvalue weighted by Gasteiger charge is 2.35. The molecule has 2 amide bonds. The summed E-state index contributed by atoms with van der Waals surface area (Å²) in [6.07, 6.45) is 0.176. The molecule has 1 aliphatic heterocycles. The fraction of sp³-hybridized carbons (Fsp3) is 0.304. The molecule has 0 spiro atoms. The lowest BCUT2D eigenvalue weighted by atomic mass is 10.1. The van der Waals surface area contributed by atoms with Crippen molar-refractivity contribution >= 4 is 11.8 Å². The number of nitrogens with zero attached hydrogens (tertiary/aromatic N) is 3. The van der Waals surface area contributed by atoms with E-state index in [1.165, 1.54) is 12.1 Å². The summed E-state index contributed by atoms with van der Waals surface area (Å²) in [7, 11) is 0. The normalized spacial score (nSPS) is 17.1. The Hall–Kier alpha value is -3.55. The van der Waals surface area contributed by atoms with Crippen molar-refractivity contribution in [1.29, 1.82) is 0 Å². The fourth-order valence-electron chi connectivity index (χ4n) is 3.53. The van der Waals surface area contributed by atoms with Gasteiger partial charge in [-0.2, -0.15) is 4.98 Å². The quantitative estimate of drug-likeness (QED) is 0.658. The standard InChI is InChI=1S/C23H23FN4O3/c1-14-3-5-16(6-4-14)12-28-13-18(11-20(28)29)22(30)25-15(2)23-26-21(27-31-23)17-7-9-19(24)10-8-17/h3-10,15,18H,11-13H2,1-2H3,(H,25,30). The summed E-state index contributed by atoms with van der Waals surface area (Å²) < 4.78 is 18.3. The molecule has 160 valence electrons. The molecule has 8 heteroatoms. The van der Waals surface area contributed by atoms with Crippen molar-refractivity contribution < 1.29 is 18.5 Å². The third kappa shape index (κ3) is 4.79. The number of amides is 2. The number of rotatable bonds is 6. The smallest absolute Gasteiger partial charge is 0.249 e. The SMILES string of the molecule is Cc1ccc(CN2CC(C(=O)NC(C)c3nc(-c4ccc(F)cc4)no3)CC2=O)cc1. The van der Waals surface area contributed by atoms with Crippen molar-refractivity contribution in [2.24, 2.45) is 5.92 Å². The molecule has 1 N–H and O–H groups in total. The molecule has 7 nitrogen and oxygen atoms in total. The van der Waals surface area contributed by atoms with E-state index >= 15 is 0 Å². The predicted molar refractivity (Wildman–Crippen MR) is 111 cm³/mol. The Balaban J connectivity index is 1.35. The first-order chi connectivity index (χ1) is 14.9. The average molecular weight is 422 g/mol. The summed E-state index contributed by atoms with van der Waals surface area (Å²) in [6, 6.07) is 13.2. The van der Waals surface area contributed by atoms with Crippen molar-refractivity contribution in [1.82, 2.24) is 20.4 Å². The molecule has 1 aliphatic rings. The van der Waals surface area contributed by atoms with Gasteiger partial charge in [0.15, 0.2) is 0 Å². The first kappa shape index (κ1) is 20.7. The van der Waals surface area contributed by atoms with Gasteiger partial charge in [-0.05, 0) is 43.7 Å². The van der Waals surface area contributed by atoms with Crippen LogP contribution in [0.4, 0.5) is 4.39 Å². The molecule has 1 aromatic heterocycles. The van der Waals surface area contributed by atoms with Gasteiger partial charge in [-0.25, -0.2) is 4.39 Å². The number of nitrogens with one attached hydrogen (secondary N) is 1. The Morgan fingerprint density at radius 2 is 1.94 bits per heavy atom. The van der Waals surface area contributed by atoms with Crippen LogP contribution in [0.1, 0.15) is 36.4 Å². The highest BCUT2D eigenvalue weighted by molar-refractivity contribution is 5.89. The highest BCUT2D eigenvalue weighted by atomic mass is 19.1. The number of benzene rings is 2. The van der Waals surface area contributed by atoms with Gasteiger partial charge >= 0.3 is 0 Å². The van der Waals surface area contributed by atoms with E-state index < -0.39 is 12.0 Å². The van der Waals surface area contributed by atoms with E-state index in [1.807, 2.05) is 31.2 Å². The van der Waals surface area contributed by atoms with E-state index in [0.29, 0.717) is 24.5 Å². The van der Waals surface area contributed by atoms with Gasteiger partial charge < -0.3 is 14.7 Å². The third-order valence-electron chi connectivity index (χ3n) is 5.35. The molecule has 3 aromatic rings. The minimum Gasteiger partial charge on any atom is -0.344 e. The lowest BCUT2D eigenvalue weighted by Crippen LogP contribution is -2.34. The molecule has 2 atom stereocenters. The van der Waals surface area contributed by atoms with E-state index in [-0.39, 0.29) is 29.9 Å². The first-order valence-corrected chi connectivity index (χ1v) is 10.1. The zero-order valence-electron chi connectivity index (χ0n) is 17.3. The summed E-state index contributed by atoms with van der Waals surface area (Å²) in [6.45, 7) is 4.61. The summed E-state index contributed by atoms with van der Waals surface area (Å²) >= 11 is 0. The Bertz CT molecular complexity index is 1080. The van der Waals surface area contributed by atoms with Crippen LogP contribution >= 0.6 is 0 Å². The van der Waals surface area contributed by atoms with Crippen LogP contribution in [-0.2, 0) is 16.1 Å². The molecule has 0 aliphatic carbocycles. The van der Waals surface area contributed by atoms with Crippen molar-refractivity contribution in [3.8, 4) is 11.4 Å². The zero-order valence-corrected chi connectivity index (χ0v) is 17.3. The van der Waals surface area contributed by atoms with Gasteiger partial charge in [0.2, 0.25) is 23.5 Å². The maximum Gasteiger partial charge on any atom is 0.249 e. The van der Waals surface area contributed by atoms with E-state index in [4.69, 9.17) is 4.52 Å². The number of aryl methyl sites for hydroxylation is 1. The highest BCUT2D eigenvalue weighted by Crippen LogP contribution is 2.23. The Kier molecular flexibility index (Phi) is 5.79. The number of aromatic nitrogens is 2. The van der Waals surface area contributed by atoms with Crippen molar-refractivity contribution in [2.45, 2.75) is 32.9 Å². The molecule has 31 heavy (non-hydrogen) atoms. The monoisotopic (exact) mass is 422 g/mol. The molecule has 0 bridgehead atoms. The van der Waals surface area contributed by atoms with Crippen LogP contribution in [0.25, 0.3) is 11.4 Å². The van der Waals surface area contributed by atoms with Gasteiger partial charge in [0.25, 0.3) is 0 Å². The molecule has 4 rings (SSSR count). The number of carbonyl (C=O) groups excluding carboxylic acids is 2. The number of likely N-dealkylation sites (tertiary alicyclic amines) is 1. The van der Waals surface area contributed by atoms with Gasteiger partial charge in [0.1, 0.15) is 11.9 Å². The van der Waals surface area contributed by atoms with E-state index in [9.17, 15) is 14.0 Å². The molecule has 1 saturated heterocycles. The lowest BCUT2D eigenvalue weighted by molar-refractivity contribution is -0.129. The van der Waals surface area contributed by atoms with Crippen LogP contribution in [0.5, 0.6) is 0 Å². The molecule has 2 heterocycles. The maximum absolute atomic E-state index is 13.1. The van der Waals surface area contributed by atoms with Gasteiger partial charge in [0.05, 0.1) is 5.92 Å². The van der Waals surface area contributed by atoms with Crippen LogP contribution < -0.4 is 5.32 Å². The maximum atomic E-state index is 13.1. The van der Waals surface area contributed by atoms with Gasteiger partial charge in [-0.3, -0.25) is 9.59 Å². The van der Waals surface area contributed by atoms with E-state index in [0.717, 1.165) is 11.1 Å². The molecule has 2 unspecified atom stereocenters. The minimum absolute atomic E-state index is 0.0373. The second-order valence-electron chi connectivity index (χ2n) is 7.85. The number of hydrogen-bond donors (Lipinski definition) is 1. The van der Waals surface area contributed by atoms with E-state index in [1.54, 1.807) is 24.0 Å². The topological polar surface area (TPSA) is 88.3 Å². The lowest BCUT2D eigenvalue weighted by Gasteiger charge is -2.17. The van der Waals surface area contributed by atoms with Crippen molar-refractivity contribution in [2.75, 3.05) is 6.54 Å². The second-order valence-corrected chi connectivity index (χ2v) is 7.85. The minimum atomic E-state index is -0.518. The summed E-state index contributed by atoms with van der Waals surface area (Å²) in [5, 5.41) is 6.75. The van der Waals surface area contributed by atoms with Crippen LogP contribution in [-0.4, -0.2) is 33.4 Å². The summed E-state index contributed by atoms with van der Waals surface area (Å²) in [5.74, 6) is -0.487. The third-order valence-corrected chi connectivity index (χ3v) is 5.35. The largest absolute Gasteiger partial charge is 0.344 e. The number of carbonyl (C=O) groups is 2. The Morgan fingerprint density at radius 1 is 1.23 bits per heavy atom. The molecular weight excluding hydrogens is 399 g/mol. The predicted octanol–water partition coefficient (Wildman–Crippen LogP) is 3.41. The number of halogens is 1. The van der Waals surface area contributed by atoms with Crippen LogP contribution in [0, 0.1) is 18.7 Å². The fourth-order valence-corrected chi connectivity index (χ4v) is 3.53. The average Bonchev–Trinajstić information content (AvgIpc) is 3.38. The van der Waals surface area contributed by atoms with Crippen LogP contribution in [0.2, 0.25) is 0 Å². The second kappa shape index (κ2) is 8.67. The first-order valence-electron chi connectivity index (χ1n) is 10.1. The van der Waals surface area contributed by atoms with Crippen LogP contribution in [0.15, 0.2) is 53.1 Å². The Morgan fingerprint density at radius 3 is 2.65 bits per heavy atom. The molecule has 2 aromatic carbocycles. The van der Waals surface area contributed by atoms with Crippen LogP contribution in [0.3, 0.4) is 0 Å². The van der Waals surface area contributed by atoms with Gasteiger partial charge in [0, 0.05) is 25.1 Å². The Labute approximate surface area is 179 Å². The zero-order chi connectivity index (χ0) is 22.0. The number of hydrogen-bond acceptors (Lipinski definition) is 5. The van der Waals surface area contributed by atoms with E-state index in [2.05, 4.69) is 15.5 Å².